The number of aryl methyl sites for hydroxylation is 2. The zero-order valence-corrected chi connectivity index (χ0v) is 37.5. The molecule has 1 amide bonds. The highest BCUT2D eigenvalue weighted by molar-refractivity contribution is 6.04. The van der Waals surface area contributed by atoms with E-state index in [1.165, 1.54) is 33.3 Å². The minimum atomic E-state index is -0.588. The molecule has 7 aromatic rings. The van der Waals surface area contributed by atoms with Gasteiger partial charge in [0.2, 0.25) is 0 Å². The summed E-state index contributed by atoms with van der Waals surface area (Å²) in [5.74, 6) is 0.745. The summed E-state index contributed by atoms with van der Waals surface area (Å²) >= 11 is 0. The second-order valence-electron chi connectivity index (χ2n) is 18.9. The monoisotopic (exact) mass is 898 g/mol. The molecular formula is C49H52F2N10O5. The van der Waals surface area contributed by atoms with Gasteiger partial charge in [-0.3, -0.25) is 28.1 Å². The number of nitrogens with zero attached hydrogens (tertiary/aromatic N) is 7. The van der Waals surface area contributed by atoms with Crippen LogP contribution in [-0.2, 0) is 4.74 Å². The molecular weight excluding hydrogens is 847 g/mol. The number of fused-ring (bicyclic) bond motifs is 2. The van der Waals surface area contributed by atoms with Crippen molar-refractivity contribution >= 4 is 39.2 Å². The van der Waals surface area contributed by atoms with Crippen molar-refractivity contribution in [2.45, 2.75) is 96.6 Å². The van der Waals surface area contributed by atoms with Crippen molar-refractivity contribution in [1.29, 1.82) is 0 Å². The van der Waals surface area contributed by atoms with Crippen LogP contribution in [0, 0.1) is 31.4 Å². The second-order valence-corrected chi connectivity index (χ2v) is 18.9. The predicted octanol–water partition coefficient (Wildman–Crippen LogP) is 8.20. The average molecular weight is 899 g/mol. The SMILES string of the molecule is CC1CC1c1noc(=O)[nH]1.Cc1cc(N=C(C2=C(N)CCN(C(=O)c3cc4cc(C5CCOC(C)(C)C5)ccc4[nH]3)C2)n2ccn(-c3ccc4c(cnn4C4CC4)c3F)c2=O)cc(C)c1F. The molecule has 4 aromatic heterocycles. The maximum Gasteiger partial charge on any atom is 0.438 e. The van der Waals surface area contributed by atoms with Crippen molar-refractivity contribution in [3.63, 3.8) is 0 Å². The van der Waals surface area contributed by atoms with E-state index in [2.05, 4.69) is 57.7 Å². The van der Waals surface area contributed by atoms with Gasteiger partial charge in [0.25, 0.3) is 5.91 Å². The lowest BCUT2D eigenvalue weighted by Crippen LogP contribution is -2.42. The number of hydrogen-bond donors (Lipinski definition) is 3. The lowest BCUT2D eigenvalue weighted by molar-refractivity contribution is -0.0592. The molecule has 0 radical (unpaired) electrons. The lowest BCUT2D eigenvalue weighted by Gasteiger charge is -2.35. The van der Waals surface area contributed by atoms with Crippen LogP contribution in [0.5, 0.6) is 0 Å². The zero-order chi connectivity index (χ0) is 46.2. The number of nitrogens with one attached hydrogen (secondary N) is 2. The van der Waals surface area contributed by atoms with Gasteiger partial charge in [-0.2, -0.15) is 5.10 Å². The largest absolute Gasteiger partial charge is 0.438 e. The van der Waals surface area contributed by atoms with Gasteiger partial charge in [-0.05, 0) is 131 Å². The fourth-order valence-electron chi connectivity index (χ4n) is 9.45. The molecule has 2 aliphatic heterocycles. The normalized spacial score (nSPS) is 20.8. The lowest BCUT2D eigenvalue weighted by atomic mass is 9.83. The summed E-state index contributed by atoms with van der Waals surface area (Å²) in [4.78, 5) is 51.4. The molecule has 11 rings (SSSR count). The number of aliphatic imine (C=N–C) groups is 1. The van der Waals surface area contributed by atoms with Gasteiger partial charge in [0.1, 0.15) is 17.3 Å². The molecule has 0 spiro atoms. The summed E-state index contributed by atoms with van der Waals surface area (Å²) in [5.41, 5.74) is 11.3. The highest BCUT2D eigenvalue weighted by atomic mass is 19.1. The summed E-state index contributed by atoms with van der Waals surface area (Å²) < 4.78 is 45.5. The van der Waals surface area contributed by atoms with Crippen LogP contribution in [0.2, 0.25) is 0 Å². The van der Waals surface area contributed by atoms with Gasteiger partial charge in [-0.1, -0.05) is 18.1 Å². The molecule has 6 heterocycles. The molecule has 3 fully saturated rings. The summed E-state index contributed by atoms with van der Waals surface area (Å²) in [5, 5.41) is 9.27. The summed E-state index contributed by atoms with van der Waals surface area (Å²) in [6, 6.07) is 15.0. The summed E-state index contributed by atoms with van der Waals surface area (Å²) in [6.07, 6.45) is 9.80. The number of hydrogen-bond acceptors (Lipinski definition) is 9. The first-order chi connectivity index (χ1) is 31.6. The molecule has 3 atom stereocenters. The number of ether oxygens (including phenoxy) is 1. The van der Waals surface area contributed by atoms with Crippen LogP contribution < -0.4 is 17.2 Å². The van der Waals surface area contributed by atoms with Crippen molar-refractivity contribution in [3.8, 4) is 5.69 Å². The molecule has 342 valence electrons. The molecule has 15 nitrogen and oxygen atoms in total. The van der Waals surface area contributed by atoms with E-state index in [0.29, 0.717) is 87.8 Å². The van der Waals surface area contributed by atoms with Crippen LogP contribution in [0.1, 0.15) is 110 Å². The Labute approximate surface area is 377 Å². The van der Waals surface area contributed by atoms with Gasteiger partial charge in [0.05, 0.1) is 46.7 Å². The van der Waals surface area contributed by atoms with E-state index in [1.807, 2.05) is 16.8 Å². The van der Waals surface area contributed by atoms with Crippen molar-refractivity contribution in [1.82, 2.24) is 38.9 Å². The molecule has 4 aliphatic rings. The molecule has 1 saturated heterocycles. The Balaban J connectivity index is 0.000000450. The second kappa shape index (κ2) is 16.5. The number of halogens is 2. The Morgan fingerprint density at radius 1 is 0.985 bits per heavy atom. The number of amides is 1. The van der Waals surface area contributed by atoms with Gasteiger partial charge in [0.15, 0.2) is 11.6 Å². The van der Waals surface area contributed by atoms with E-state index in [-0.39, 0.29) is 41.4 Å². The smallest absolute Gasteiger partial charge is 0.402 e. The van der Waals surface area contributed by atoms with E-state index in [4.69, 9.17) is 15.5 Å². The molecule has 2 aliphatic carbocycles. The van der Waals surface area contributed by atoms with Gasteiger partial charge >= 0.3 is 11.4 Å². The minimum absolute atomic E-state index is 0.0543. The summed E-state index contributed by atoms with van der Waals surface area (Å²) in [7, 11) is 0. The third-order valence-electron chi connectivity index (χ3n) is 13.4. The first-order valence-corrected chi connectivity index (χ1v) is 22.5. The first-order valence-electron chi connectivity index (χ1n) is 22.5. The van der Waals surface area contributed by atoms with Crippen LogP contribution in [0.4, 0.5) is 14.5 Å². The fourth-order valence-corrected chi connectivity index (χ4v) is 9.45. The van der Waals surface area contributed by atoms with Crippen molar-refractivity contribution in [2.24, 2.45) is 16.6 Å². The Bertz CT molecular complexity index is 3210. The van der Waals surface area contributed by atoms with E-state index in [0.717, 1.165) is 43.0 Å². The van der Waals surface area contributed by atoms with E-state index < -0.39 is 17.3 Å². The summed E-state index contributed by atoms with van der Waals surface area (Å²) in [6.45, 7) is 10.8. The van der Waals surface area contributed by atoms with Crippen molar-refractivity contribution < 1.29 is 22.8 Å². The van der Waals surface area contributed by atoms with Crippen LogP contribution in [0.15, 0.2) is 97.5 Å². The molecule has 3 aromatic carbocycles. The Morgan fingerprint density at radius 2 is 1.76 bits per heavy atom. The maximum absolute atomic E-state index is 16.1. The Kier molecular flexibility index (Phi) is 10.8. The van der Waals surface area contributed by atoms with Crippen LogP contribution in [0.25, 0.3) is 27.5 Å². The van der Waals surface area contributed by atoms with Crippen LogP contribution >= 0.6 is 0 Å². The Morgan fingerprint density at radius 3 is 2.45 bits per heavy atom. The number of H-pyrrole nitrogens is 2. The van der Waals surface area contributed by atoms with Crippen molar-refractivity contribution in [2.75, 3.05) is 19.7 Å². The standard InChI is InChI=1S/C43H44F2N8O3.C6H8N2O2/c1-24-17-29(18-25(2)38(24)44)48-40(52-15-14-51(42(52)55)37-10-9-36-31(39(37)45)22-47-53(36)30-6-7-30)32-23-50(13-11-33(32)46)41(54)35-20-28-19-26(5-8-34(28)49-35)27-12-16-56-43(3,4)21-27;1-3-2-4(3)5-7-6(9)10-8-5/h5,8-10,14-15,17-20,22,27,30,49H,6-7,11-13,16,21,23,46H2,1-4H3;3-4H,2H2,1H3,(H,7,8,9). The quantitative estimate of drug-likeness (QED) is 0.106. The number of carbonyl (C=O) groups excluding carboxylic acids is 1. The highest BCUT2D eigenvalue weighted by Gasteiger charge is 2.37. The van der Waals surface area contributed by atoms with Gasteiger partial charge in [-0.25, -0.2) is 23.4 Å². The van der Waals surface area contributed by atoms with E-state index in [1.54, 1.807) is 43.0 Å². The van der Waals surface area contributed by atoms with Gasteiger partial charge in [0, 0.05) is 60.1 Å². The minimum Gasteiger partial charge on any atom is -0.402 e. The average Bonchev–Trinajstić information content (AvgIpc) is 4.01. The number of carbonyl (C=O) groups is 1. The van der Waals surface area contributed by atoms with Gasteiger partial charge in [-0.15, -0.1) is 0 Å². The molecule has 66 heavy (non-hydrogen) atoms. The first kappa shape index (κ1) is 43.0. The maximum atomic E-state index is 16.1. The predicted molar refractivity (Wildman–Crippen MR) is 246 cm³/mol. The topological polar surface area (TPSA) is 187 Å². The number of nitrogens with two attached hydrogens (primary N) is 1. The number of imidazole rings is 1. The van der Waals surface area contributed by atoms with Gasteiger partial charge < -0.3 is 20.4 Å². The van der Waals surface area contributed by atoms with E-state index >= 15 is 4.39 Å². The van der Waals surface area contributed by atoms with Crippen LogP contribution in [0.3, 0.4) is 0 Å². The third kappa shape index (κ3) is 8.20. The highest BCUT2D eigenvalue weighted by Crippen LogP contribution is 2.45. The molecule has 2 saturated carbocycles. The molecule has 3 unspecified atom stereocenters. The fraction of sp³-hybridized carbons (Fsp3) is 0.388. The zero-order valence-electron chi connectivity index (χ0n) is 37.5. The molecule has 4 N–H and O–H groups in total. The Hall–Kier alpha value is -6.88. The number of aromatic amines is 2. The van der Waals surface area contributed by atoms with Crippen molar-refractivity contribution in [3.05, 3.63) is 139 Å². The van der Waals surface area contributed by atoms with Crippen LogP contribution in [-0.4, -0.2) is 76.0 Å². The molecule has 17 heteroatoms. The third-order valence-corrected chi connectivity index (χ3v) is 13.4. The van der Waals surface area contributed by atoms with E-state index in [9.17, 15) is 18.8 Å². The number of benzene rings is 3. The number of rotatable bonds is 7. The molecule has 0 bridgehead atoms. The number of aromatic nitrogens is 7.